The molecular formula is C17H29LiN2Si. The van der Waals surface area contributed by atoms with Crippen molar-refractivity contribution in [2.24, 2.45) is 17.8 Å². The summed E-state index contributed by atoms with van der Waals surface area (Å²) in [4.78, 5) is 7.50. The third kappa shape index (κ3) is 3.76. The van der Waals surface area contributed by atoms with Gasteiger partial charge in [-0.25, -0.2) is 0 Å². The van der Waals surface area contributed by atoms with Gasteiger partial charge in [0.25, 0.3) is 0 Å². The average Bonchev–Trinajstić information content (AvgIpc) is 3.07. The monoisotopic (exact) mass is 296 g/mol. The summed E-state index contributed by atoms with van der Waals surface area (Å²) in [5.74, 6) is 2.40. The van der Waals surface area contributed by atoms with E-state index in [1.807, 2.05) is 7.05 Å². The molecule has 3 rings (SSSR count). The largest absolute Gasteiger partial charge is 1.00 e. The summed E-state index contributed by atoms with van der Waals surface area (Å²) in [6.45, 7) is 7.51. The van der Waals surface area contributed by atoms with Crippen LogP contribution >= 0.6 is 0 Å². The van der Waals surface area contributed by atoms with Crippen LogP contribution in [0.15, 0.2) is 24.3 Å². The van der Waals surface area contributed by atoms with E-state index in [-0.39, 0.29) is 18.9 Å². The zero-order valence-corrected chi connectivity index (χ0v) is 15.3. The molecule has 2 nitrogen and oxygen atoms in total. The van der Waals surface area contributed by atoms with Gasteiger partial charge in [-0.1, -0.05) is 51.7 Å². The van der Waals surface area contributed by atoms with Gasteiger partial charge in [-0.05, 0) is 50.1 Å². The van der Waals surface area contributed by atoms with E-state index in [1.165, 1.54) is 38.4 Å². The minimum Gasteiger partial charge on any atom is -0.667 e. The fraction of sp³-hybridized carbons (Fsp3) is 0.765. The first-order chi connectivity index (χ1) is 9.61. The molecule has 112 valence electrons. The van der Waals surface area contributed by atoms with Crippen molar-refractivity contribution in [2.75, 3.05) is 20.1 Å². The molecule has 0 N–H and O–H groups in total. The van der Waals surface area contributed by atoms with Crippen molar-refractivity contribution in [3.8, 4) is 0 Å². The van der Waals surface area contributed by atoms with Gasteiger partial charge < -0.3 is 4.98 Å². The van der Waals surface area contributed by atoms with E-state index in [0.29, 0.717) is 0 Å². The Morgan fingerprint density at radius 1 is 1.10 bits per heavy atom. The second-order valence-electron chi connectivity index (χ2n) is 7.47. The van der Waals surface area contributed by atoms with Crippen LogP contribution in [0.3, 0.4) is 0 Å². The van der Waals surface area contributed by atoms with Crippen molar-refractivity contribution in [3.63, 3.8) is 0 Å². The van der Waals surface area contributed by atoms with E-state index in [1.54, 1.807) is 0 Å². The van der Waals surface area contributed by atoms with E-state index in [4.69, 9.17) is 4.98 Å². The first-order valence-corrected chi connectivity index (χ1v) is 11.5. The van der Waals surface area contributed by atoms with Crippen molar-refractivity contribution >= 4 is 8.24 Å². The molecule has 3 aliphatic rings. The predicted octanol–water partition coefficient (Wildman–Crippen LogP) is 1.04. The maximum absolute atomic E-state index is 4.73. The van der Waals surface area contributed by atoms with E-state index < -0.39 is 8.24 Å². The molecule has 1 heterocycles. The zero-order chi connectivity index (χ0) is 14.2. The summed E-state index contributed by atoms with van der Waals surface area (Å²) in [6, 6.07) is 2.17. The smallest absolute Gasteiger partial charge is 0.667 e. The van der Waals surface area contributed by atoms with Crippen molar-refractivity contribution < 1.29 is 18.9 Å². The van der Waals surface area contributed by atoms with Gasteiger partial charge in [0, 0.05) is 6.04 Å². The van der Waals surface area contributed by atoms with Gasteiger partial charge in [0.1, 0.15) is 0 Å². The van der Waals surface area contributed by atoms with Crippen LogP contribution in [-0.2, 0) is 0 Å². The Hall–Kier alpha value is 0.214. The number of nitrogens with zero attached hydrogens (tertiary/aromatic N) is 2. The van der Waals surface area contributed by atoms with Crippen LogP contribution in [-0.4, -0.2) is 39.3 Å². The molecule has 4 heteroatoms. The van der Waals surface area contributed by atoms with Gasteiger partial charge in [0.2, 0.25) is 0 Å². The number of hydrogen-bond donors (Lipinski definition) is 0. The van der Waals surface area contributed by atoms with Crippen molar-refractivity contribution in [1.82, 2.24) is 4.90 Å². The number of likely N-dealkylation sites (tertiary alicyclic amines) is 1. The number of allylic oxidation sites excluding steroid dienone is 3. The first-order valence-electron chi connectivity index (χ1n) is 8.31. The molecule has 0 aromatic rings. The molecule has 0 radical (unpaired) electrons. The van der Waals surface area contributed by atoms with Gasteiger partial charge in [-0.3, -0.25) is 4.90 Å². The van der Waals surface area contributed by atoms with Gasteiger partial charge in [0.05, 0.1) is 0 Å². The molecule has 0 aromatic heterocycles. The Balaban J connectivity index is 0.00000161. The second-order valence-corrected chi connectivity index (χ2v) is 12.0. The Morgan fingerprint density at radius 3 is 2.33 bits per heavy atom. The Kier molecular flexibility index (Phi) is 6.02. The zero-order valence-electron chi connectivity index (χ0n) is 14.3. The first kappa shape index (κ1) is 17.6. The molecule has 0 amide bonds. The van der Waals surface area contributed by atoms with Gasteiger partial charge in [-0.2, -0.15) is 7.05 Å². The molecule has 0 aromatic carbocycles. The summed E-state index contributed by atoms with van der Waals surface area (Å²) >= 11 is 0. The van der Waals surface area contributed by atoms with Crippen LogP contribution in [0.25, 0.3) is 4.98 Å². The summed E-state index contributed by atoms with van der Waals surface area (Å²) in [5.41, 5.74) is 0. The van der Waals surface area contributed by atoms with Crippen LogP contribution < -0.4 is 18.9 Å². The number of rotatable bonds is 4. The minimum absolute atomic E-state index is 0. The summed E-state index contributed by atoms with van der Waals surface area (Å²) in [5, 5.41) is 0. The van der Waals surface area contributed by atoms with Crippen molar-refractivity contribution in [3.05, 3.63) is 29.3 Å². The summed E-state index contributed by atoms with van der Waals surface area (Å²) in [6.07, 6.45) is 13.7. The average molecular weight is 296 g/mol. The molecule has 0 bridgehead atoms. The maximum atomic E-state index is 4.73. The molecule has 2 aliphatic carbocycles. The van der Waals surface area contributed by atoms with Gasteiger partial charge >= 0.3 is 18.9 Å². The second kappa shape index (κ2) is 7.19. The summed E-state index contributed by atoms with van der Waals surface area (Å²) < 4.78 is 0. The van der Waals surface area contributed by atoms with Crippen LogP contribution in [0.1, 0.15) is 19.3 Å². The fourth-order valence-electron chi connectivity index (χ4n) is 4.54. The van der Waals surface area contributed by atoms with Crippen molar-refractivity contribution in [1.29, 1.82) is 0 Å². The predicted molar refractivity (Wildman–Crippen MR) is 89.5 cm³/mol. The SMILES string of the molecule is C[N-][Si](C)(C)CC1CC(N2CCCC2)C2C=CC=CC12.[Li+]. The Morgan fingerprint density at radius 2 is 1.71 bits per heavy atom. The Bertz CT molecular complexity index is 402. The Labute approximate surface area is 143 Å². The van der Waals surface area contributed by atoms with Crippen LogP contribution in [0, 0.1) is 17.8 Å². The third-order valence-corrected chi connectivity index (χ3v) is 8.47. The third-order valence-electron chi connectivity index (χ3n) is 5.73. The molecule has 2 fully saturated rings. The topological polar surface area (TPSA) is 17.3 Å². The maximum Gasteiger partial charge on any atom is 1.00 e. The quantitative estimate of drug-likeness (QED) is 0.709. The fourth-order valence-corrected chi connectivity index (χ4v) is 6.44. The molecule has 0 spiro atoms. The normalized spacial score (nSPS) is 35.8. The van der Waals surface area contributed by atoms with E-state index >= 15 is 0 Å². The van der Waals surface area contributed by atoms with Crippen LogP contribution in [0.5, 0.6) is 0 Å². The van der Waals surface area contributed by atoms with Gasteiger partial charge in [0.15, 0.2) is 0 Å². The van der Waals surface area contributed by atoms with Crippen LogP contribution in [0.4, 0.5) is 0 Å². The summed E-state index contributed by atoms with van der Waals surface area (Å²) in [7, 11) is 0.696. The molecule has 1 saturated carbocycles. The number of hydrogen-bond acceptors (Lipinski definition) is 1. The van der Waals surface area contributed by atoms with Crippen LogP contribution in [0.2, 0.25) is 19.1 Å². The van der Waals surface area contributed by atoms with Gasteiger partial charge in [-0.15, -0.1) is 0 Å². The van der Waals surface area contributed by atoms with E-state index in [2.05, 4.69) is 42.3 Å². The molecule has 4 unspecified atom stereocenters. The minimum atomic E-state index is -1.34. The molecule has 4 atom stereocenters. The molecule has 21 heavy (non-hydrogen) atoms. The van der Waals surface area contributed by atoms with E-state index in [0.717, 1.165) is 23.8 Å². The number of fused-ring (bicyclic) bond motifs is 1. The van der Waals surface area contributed by atoms with E-state index in [9.17, 15) is 0 Å². The molecule has 1 aliphatic heterocycles. The molecule has 1 saturated heterocycles. The molecular weight excluding hydrogens is 267 g/mol. The standard InChI is InChI=1S/C17H29N2Si.Li/c1-18-20(2,3)13-14-12-17(19-10-6-7-11-19)16-9-5-4-8-15(14)16;/h4-5,8-9,14-17H,6-7,10-13H2,1-3H3;/q-1;+1. The van der Waals surface area contributed by atoms with Crippen molar-refractivity contribution in [2.45, 2.75) is 44.4 Å².